The van der Waals surface area contributed by atoms with Gasteiger partial charge in [-0.15, -0.1) is 0 Å². The van der Waals surface area contributed by atoms with E-state index >= 15 is 0 Å². The first kappa shape index (κ1) is 12.5. The lowest BCUT2D eigenvalue weighted by Gasteiger charge is -2.24. The Morgan fingerprint density at radius 3 is 2.50 bits per heavy atom. The normalized spacial score (nSPS) is 26.7. The van der Waals surface area contributed by atoms with Crippen LogP contribution < -0.4 is 0 Å². The molecule has 1 rings (SSSR count). The molecule has 1 heterocycles. The van der Waals surface area contributed by atoms with E-state index in [0.29, 0.717) is 0 Å². The van der Waals surface area contributed by atoms with Crippen molar-refractivity contribution in [3.05, 3.63) is 0 Å². The molecule has 0 aromatic carbocycles. The molecule has 6 nitrogen and oxygen atoms in total. The first-order chi connectivity index (χ1) is 7.34. The zero-order valence-electron chi connectivity index (χ0n) is 9.52. The van der Waals surface area contributed by atoms with Crippen LogP contribution in [0.4, 0.5) is 0 Å². The van der Waals surface area contributed by atoms with Crippen molar-refractivity contribution in [1.82, 2.24) is 4.90 Å². The molecule has 0 bridgehead atoms. The number of methoxy groups -OCH3 is 1. The molecule has 2 unspecified atom stereocenters. The second kappa shape index (κ2) is 4.11. The number of amides is 1. The topological polar surface area (TPSA) is 83.9 Å². The van der Waals surface area contributed by atoms with E-state index < -0.39 is 29.3 Å². The molecule has 1 N–H and O–H groups in total. The average Bonchev–Trinajstić information content (AvgIpc) is 2.55. The monoisotopic (exact) mass is 229 g/mol. The van der Waals surface area contributed by atoms with Gasteiger partial charge in [-0.25, -0.2) is 4.79 Å². The van der Waals surface area contributed by atoms with Crippen molar-refractivity contribution in [3.63, 3.8) is 0 Å². The van der Waals surface area contributed by atoms with Crippen molar-refractivity contribution < 1.29 is 24.2 Å². The molecule has 0 aliphatic carbocycles. The van der Waals surface area contributed by atoms with Crippen LogP contribution in [0.1, 0.15) is 20.3 Å². The fourth-order valence-corrected chi connectivity index (χ4v) is 1.74. The molecule has 1 saturated heterocycles. The maximum atomic E-state index is 11.9. The van der Waals surface area contributed by atoms with Gasteiger partial charge < -0.3 is 14.7 Å². The number of nitrogens with zero attached hydrogens (tertiary/aromatic N) is 1. The summed E-state index contributed by atoms with van der Waals surface area (Å²) in [4.78, 5) is 35.4. The summed E-state index contributed by atoms with van der Waals surface area (Å²) in [5.41, 5.74) is -1.41. The molecule has 16 heavy (non-hydrogen) atoms. The third-order valence-corrected chi connectivity index (χ3v) is 3.07. The third-order valence-electron chi connectivity index (χ3n) is 3.07. The molecule has 1 aliphatic heterocycles. The number of aliphatic carboxylic acids is 1. The van der Waals surface area contributed by atoms with E-state index in [1.54, 1.807) is 0 Å². The summed E-state index contributed by atoms with van der Waals surface area (Å²) in [7, 11) is 1.23. The number of carbonyl (C=O) groups excluding carboxylic acids is 2. The minimum atomic E-state index is -1.41. The van der Waals surface area contributed by atoms with Gasteiger partial charge in [-0.05, 0) is 20.3 Å². The predicted octanol–water partition coefficient (Wildman–Crippen LogP) is -0.129. The number of carbonyl (C=O) groups is 3. The van der Waals surface area contributed by atoms with E-state index in [9.17, 15) is 14.4 Å². The van der Waals surface area contributed by atoms with Crippen LogP contribution in [0, 0.1) is 5.41 Å². The second-order valence-corrected chi connectivity index (χ2v) is 4.08. The fraction of sp³-hybridized carbons (Fsp3) is 0.700. The molecular formula is C10H15NO5. The van der Waals surface area contributed by atoms with Crippen molar-refractivity contribution in [1.29, 1.82) is 0 Å². The molecule has 1 amide bonds. The Balaban J connectivity index is 2.86. The summed E-state index contributed by atoms with van der Waals surface area (Å²) in [5, 5.41) is 8.97. The standard InChI is InChI=1S/C10H15NO5/c1-6(7(12)16-3)11-5-4-10(2,8(11)13)9(14)15/h6H,4-5H2,1-3H3,(H,14,15). The number of ether oxygens (including phenoxy) is 1. The Kier molecular flexibility index (Phi) is 3.21. The number of hydrogen-bond acceptors (Lipinski definition) is 4. The maximum Gasteiger partial charge on any atom is 0.328 e. The molecule has 0 spiro atoms. The molecule has 0 saturated carbocycles. The number of esters is 1. The summed E-state index contributed by atoms with van der Waals surface area (Å²) in [6.07, 6.45) is 0.211. The van der Waals surface area contributed by atoms with E-state index in [1.807, 2.05) is 0 Å². The van der Waals surface area contributed by atoms with Crippen molar-refractivity contribution in [2.75, 3.05) is 13.7 Å². The van der Waals surface area contributed by atoms with Crippen LogP contribution in [0.25, 0.3) is 0 Å². The molecule has 6 heteroatoms. The molecule has 1 aliphatic rings. The molecule has 1 fully saturated rings. The Bertz CT molecular complexity index is 340. The quantitative estimate of drug-likeness (QED) is 0.538. The van der Waals surface area contributed by atoms with Gasteiger partial charge in [-0.1, -0.05) is 0 Å². The molecular weight excluding hydrogens is 214 g/mol. The first-order valence-corrected chi connectivity index (χ1v) is 4.97. The number of hydrogen-bond donors (Lipinski definition) is 1. The highest BCUT2D eigenvalue weighted by atomic mass is 16.5. The largest absolute Gasteiger partial charge is 0.480 e. The van der Waals surface area contributed by atoms with Crippen LogP contribution in [-0.4, -0.2) is 47.5 Å². The van der Waals surface area contributed by atoms with Crippen molar-refractivity contribution >= 4 is 17.8 Å². The van der Waals surface area contributed by atoms with Crippen LogP contribution in [-0.2, 0) is 19.1 Å². The lowest BCUT2D eigenvalue weighted by molar-refractivity contribution is -0.159. The minimum Gasteiger partial charge on any atom is -0.480 e. The summed E-state index contributed by atoms with van der Waals surface area (Å²) >= 11 is 0. The lowest BCUT2D eigenvalue weighted by Crippen LogP contribution is -2.45. The molecule has 2 atom stereocenters. The van der Waals surface area contributed by atoms with Gasteiger partial charge in [0.2, 0.25) is 5.91 Å². The van der Waals surface area contributed by atoms with Crippen LogP contribution in [0.3, 0.4) is 0 Å². The minimum absolute atomic E-state index is 0.211. The van der Waals surface area contributed by atoms with Gasteiger partial charge in [0.1, 0.15) is 11.5 Å². The summed E-state index contributed by atoms with van der Waals surface area (Å²) in [6, 6.07) is -0.737. The van der Waals surface area contributed by atoms with E-state index in [0.717, 1.165) is 0 Å². The zero-order valence-corrected chi connectivity index (χ0v) is 9.52. The third kappa shape index (κ3) is 1.75. The second-order valence-electron chi connectivity index (χ2n) is 4.08. The Labute approximate surface area is 93.2 Å². The molecule has 0 aromatic heterocycles. The van der Waals surface area contributed by atoms with Crippen molar-refractivity contribution in [2.45, 2.75) is 26.3 Å². The van der Waals surface area contributed by atoms with Crippen molar-refractivity contribution in [2.24, 2.45) is 5.41 Å². The predicted molar refractivity (Wildman–Crippen MR) is 53.6 cm³/mol. The van der Waals surface area contributed by atoms with Gasteiger partial charge in [0.25, 0.3) is 0 Å². The van der Waals surface area contributed by atoms with Gasteiger partial charge in [-0.2, -0.15) is 0 Å². The number of carboxylic acids is 1. The van der Waals surface area contributed by atoms with E-state index in [4.69, 9.17) is 5.11 Å². The van der Waals surface area contributed by atoms with Gasteiger partial charge in [0, 0.05) is 6.54 Å². The van der Waals surface area contributed by atoms with Gasteiger partial charge in [-0.3, -0.25) is 9.59 Å². The number of rotatable bonds is 3. The molecule has 0 aromatic rings. The number of carboxylic acid groups (broad SMARTS) is 1. The highest BCUT2D eigenvalue weighted by Crippen LogP contribution is 2.32. The summed E-state index contributed by atoms with van der Waals surface area (Å²) < 4.78 is 4.52. The first-order valence-electron chi connectivity index (χ1n) is 4.97. The van der Waals surface area contributed by atoms with E-state index in [-0.39, 0.29) is 13.0 Å². The zero-order chi connectivity index (χ0) is 12.5. The van der Waals surface area contributed by atoms with Crippen LogP contribution >= 0.6 is 0 Å². The van der Waals surface area contributed by atoms with Gasteiger partial charge in [0.05, 0.1) is 7.11 Å². The van der Waals surface area contributed by atoms with Gasteiger partial charge in [0.15, 0.2) is 0 Å². The highest BCUT2D eigenvalue weighted by molar-refractivity contribution is 6.04. The lowest BCUT2D eigenvalue weighted by atomic mass is 9.89. The van der Waals surface area contributed by atoms with Gasteiger partial charge >= 0.3 is 11.9 Å². The Morgan fingerprint density at radius 2 is 2.12 bits per heavy atom. The van der Waals surface area contributed by atoms with Crippen LogP contribution in [0.2, 0.25) is 0 Å². The summed E-state index contributed by atoms with van der Waals surface area (Å²) in [6.45, 7) is 3.16. The van der Waals surface area contributed by atoms with Crippen molar-refractivity contribution in [3.8, 4) is 0 Å². The Hall–Kier alpha value is -1.59. The van der Waals surface area contributed by atoms with E-state index in [2.05, 4.69) is 4.74 Å². The highest BCUT2D eigenvalue weighted by Gasteiger charge is 2.51. The fourth-order valence-electron chi connectivity index (χ4n) is 1.74. The maximum absolute atomic E-state index is 11.9. The van der Waals surface area contributed by atoms with Crippen LogP contribution in [0.15, 0.2) is 0 Å². The number of likely N-dealkylation sites (tertiary alicyclic amines) is 1. The molecule has 0 radical (unpaired) electrons. The van der Waals surface area contributed by atoms with Crippen LogP contribution in [0.5, 0.6) is 0 Å². The average molecular weight is 229 g/mol. The summed E-state index contributed by atoms with van der Waals surface area (Å²) in [5.74, 6) is -2.22. The SMILES string of the molecule is COC(=O)C(C)N1CCC(C)(C(=O)O)C1=O. The van der Waals surface area contributed by atoms with E-state index in [1.165, 1.54) is 25.9 Å². The smallest absolute Gasteiger partial charge is 0.328 e. The Morgan fingerprint density at radius 1 is 1.56 bits per heavy atom. The molecule has 90 valence electrons.